The van der Waals surface area contributed by atoms with E-state index in [2.05, 4.69) is 16.0 Å². The Hall–Kier alpha value is -2.28. The molecule has 0 aromatic heterocycles. The van der Waals surface area contributed by atoms with Crippen LogP contribution >= 0.6 is 0 Å². The minimum Gasteiger partial charge on any atom is -0.480 e. The van der Waals surface area contributed by atoms with E-state index in [-0.39, 0.29) is 18.8 Å². The van der Waals surface area contributed by atoms with Crippen LogP contribution < -0.4 is 38.9 Å². The van der Waals surface area contributed by atoms with Crippen molar-refractivity contribution in [1.29, 1.82) is 0 Å². The number of carbonyl (C=O) groups is 4. The molecular weight excluding hydrogens is 466 g/mol. The van der Waals surface area contributed by atoms with Gasteiger partial charge >= 0.3 is 5.97 Å². The van der Waals surface area contributed by atoms with E-state index < -0.39 is 47.9 Å². The van der Waals surface area contributed by atoms with Gasteiger partial charge in [0.2, 0.25) is 17.7 Å². The second kappa shape index (κ2) is 19.9. The van der Waals surface area contributed by atoms with Crippen molar-refractivity contribution in [3.05, 3.63) is 0 Å². The number of hydrogen-bond donors (Lipinski definition) is 8. The van der Waals surface area contributed by atoms with Crippen LogP contribution in [0.25, 0.3) is 0 Å². The molecule has 0 aliphatic rings. The third-order valence-corrected chi connectivity index (χ3v) is 5.79. The molecular formula is C24H49N7O5. The molecule has 0 radical (unpaired) electrons. The lowest BCUT2D eigenvalue weighted by Gasteiger charge is -2.26. The fraction of sp³-hybridized carbons (Fsp3) is 0.833. The number of carbonyl (C=O) groups excluding carboxylic acids is 3. The monoisotopic (exact) mass is 515 g/mol. The second-order valence-electron chi connectivity index (χ2n) is 9.61. The quantitative estimate of drug-likeness (QED) is 0.0901. The summed E-state index contributed by atoms with van der Waals surface area (Å²) < 4.78 is 0. The largest absolute Gasteiger partial charge is 0.480 e. The summed E-state index contributed by atoms with van der Waals surface area (Å²) in [6.07, 6.45) is 5.15. The Morgan fingerprint density at radius 2 is 1.06 bits per heavy atom. The first-order valence-corrected chi connectivity index (χ1v) is 13.1. The summed E-state index contributed by atoms with van der Waals surface area (Å²) in [5.41, 5.74) is 22.5. The molecule has 0 rings (SSSR count). The molecule has 0 fully saturated rings. The van der Waals surface area contributed by atoms with Crippen molar-refractivity contribution in [3.8, 4) is 0 Å². The molecule has 0 unspecified atom stereocenters. The Labute approximate surface area is 215 Å². The fourth-order valence-electron chi connectivity index (χ4n) is 3.68. The summed E-state index contributed by atoms with van der Waals surface area (Å²) >= 11 is 0. The van der Waals surface area contributed by atoms with Gasteiger partial charge in [-0.2, -0.15) is 0 Å². The highest BCUT2D eigenvalue weighted by molar-refractivity contribution is 5.94. The number of rotatable bonds is 21. The average molecular weight is 516 g/mol. The van der Waals surface area contributed by atoms with Gasteiger partial charge in [-0.15, -0.1) is 0 Å². The standard InChI is InChI=1S/C24H49N7O5/c1-16(2)15-20(31-21(32)17(28)9-3-6-12-25)23(34)29-18(10-4-7-13-26)22(33)30-19(24(35)36)11-5-8-14-27/h16-20H,3-15,25-28H2,1-2H3,(H,29,34)(H,30,33)(H,31,32)(H,35,36)/t17-,18-,19-,20-/m0/s1. The zero-order valence-corrected chi connectivity index (χ0v) is 22.0. The van der Waals surface area contributed by atoms with E-state index >= 15 is 0 Å². The van der Waals surface area contributed by atoms with Crippen LogP contribution in [0.3, 0.4) is 0 Å². The minimum absolute atomic E-state index is 0.0815. The Kier molecular flexibility index (Phi) is 18.6. The molecule has 0 heterocycles. The van der Waals surface area contributed by atoms with E-state index in [0.29, 0.717) is 64.6 Å². The van der Waals surface area contributed by atoms with Crippen LogP contribution in [0, 0.1) is 5.92 Å². The first kappa shape index (κ1) is 33.7. The summed E-state index contributed by atoms with van der Waals surface area (Å²) in [5.74, 6) is -2.62. The van der Waals surface area contributed by atoms with Crippen LogP contribution in [-0.4, -0.2) is 72.6 Å². The number of amides is 3. The van der Waals surface area contributed by atoms with E-state index in [1.807, 2.05) is 13.8 Å². The predicted octanol–water partition coefficient (Wildman–Crippen LogP) is -0.714. The topological polar surface area (TPSA) is 229 Å². The number of carboxylic acids is 1. The van der Waals surface area contributed by atoms with E-state index in [1.54, 1.807) is 0 Å². The van der Waals surface area contributed by atoms with Crippen molar-refractivity contribution < 1.29 is 24.3 Å². The molecule has 4 atom stereocenters. The smallest absolute Gasteiger partial charge is 0.326 e. The van der Waals surface area contributed by atoms with Crippen molar-refractivity contribution in [2.24, 2.45) is 28.9 Å². The highest BCUT2D eigenvalue weighted by Crippen LogP contribution is 2.09. The Bertz CT molecular complexity index is 663. The fourth-order valence-corrected chi connectivity index (χ4v) is 3.68. The Morgan fingerprint density at radius 1 is 0.639 bits per heavy atom. The molecule has 0 bridgehead atoms. The van der Waals surface area contributed by atoms with E-state index in [1.165, 1.54) is 0 Å². The van der Waals surface area contributed by atoms with E-state index in [9.17, 15) is 24.3 Å². The van der Waals surface area contributed by atoms with Gasteiger partial charge in [0.25, 0.3) is 0 Å². The van der Waals surface area contributed by atoms with Crippen molar-refractivity contribution in [2.75, 3.05) is 19.6 Å². The molecule has 36 heavy (non-hydrogen) atoms. The maximum absolute atomic E-state index is 13.2. The Morgan fingerprint density at radius 3 is 1.53 bits per heavy atom. The molecule has 0 aliphatic heterocycles. The van der Waals surface area contributed by atoms with Gasteiger partial charge in [0.1, 0.15) is 18.1 Å². The molecule has 0 spiro atoms. The SMILES string of the molecule is CC(C)C[C@H](NC(=O)[C@@H](N)CCCCN)C(=O)N[C@@H](CCCCN)C(=O)N[C@@H](CCCCN)C(=O)O. The first-order valence-electron chi connectivity index (χ1n) is 13.1. The summed E-state index contributed by atoms with van der Waals surface area (Å²) in [5, 5.41) is 17.5. The number of aliphatic carboxylic acids is 1. The van der Waals surface area contributed by atoms with Crippen LogP contribution in [0.5, 0.6) is 0 Å². The van der Waals surface area contributed by atoms with E-state index in [0.717, 1.165) is 6.42 Å². The maximum Gasteiger partial charge on any atom is 0.326 e. The number of hydrogen-bond acceptors (Lipinski definition) is 8. The van der Waals surface area contributed by atoms with Gasteiger partial charge in [-0.05, 0) is 83.3 Å². The number of unbranched alkanes of at least 4 members (excludes halogenated alkanes) is 3. The van der Waals surface area contributed by atoms with Crippen LogP contribution in [0.1, 0.15) is 78.1 Å². The third-order valence-electron chi connectivity index (χ3n) is 5.79. The highest BCUT2D eigenvalue weighted by Gasteiger charge is 2.30. The number of carboxylic acid groups (broad SMARTS) is 1. The zero-order chi connectivity index (χ0) is 27.5. The molecule has 0 saturated carbocycles. The molecule has 3 amide bonds. The lowest BCUT2D eigenvalue weighted by molar-refractivity contribution is -0.142. The summed E-state index contributed by atoms with van der Waals surface area (Å²) in [4.78, 5) is 50.4. The normalized spacial score (nSPS) is 14.5. The van der Waals surface area contributed by atoms with Gasteiger partial charge in [-0.1, -0.05) is 20.3 Å². The van der Waals surface area contributed by atoms with Crippen LogP contribution in [-0.2, 0) is 19.2 Å². The van der Waals surface area contributed by atoms with Gasteiger partial charge in [0, 0.05) is 0 Å². The molecule has 210 valence electrons. The third kappa shape index (κ3) is 15.0. The summed E-state index contributed by atoms with van der Waals surface area (Å²) in [7, 11) is 0. The zero-order valence-electron chi connectivity index (χ0n) is 22.0. The molecule has 12 N–H and O–H groups in total. The van der Waals surface area contributed by atoms with Crippen LogP contribution in [0.15, 0.2) is 0 Å². The summed E-state index contributed by atoms with van der Waals surface area (Å²) in [6, 6.07) is -3.71. The van der Waals surface area contributed by atoms with Gasteiger partial charge in [0.05, 0.1) is 6.04 Å². The lowest BCUT2D eigenvalue weighted by atomic mass is 10.0. The van der Waals surface area contributed by atoms with Gasteiger partial charge < -0.3 is 44.0 Å². The van der Waals surface area contributed by atoms with E-state index in [4.69, 9.17) is 22.9 Å². The number of nitrogens with one attached hydrogen (secondary N) is 3. The minimum atomic E-state index is -1.15. The van der Waals surface area contributed by atoms with Crippen LogP contribution in [0.4, 0.5) is 0 Å². The van der Waals surface area contributed by atoms with Crippen molar-refractivity contribution >= 4 is 23.7 Å². The highest BCUT2D eigenvalue weighted by atomic mass is 16.4. The maximum atomic E-state index is 13.2. The number of nitrogens with two attached hydrogens (primary N) is 4. The van der Waals surface area contributed by atoms with Crippen molar-refractivity contribution in [1.82, 2.24) is 16.0 Å². The van der Waals surface area contributed by atoms with Crippen LogP contribution in [0.2, 0.25) is 0 Å². The molecule has 12 nitrogen and oxygen atoms in total. The van der Waals surface area contributed by atoms with Crippen molar-refractivity contribution in [3.63, 3.8) is 0 Å². The van der Waals surface area contributed by atoms with Gasteiger partial charge in [0.15, 0.2) is 0 Å². The molecule has 0 aromatic rings. The van der Waals surface area contributed by atoms with Crippen molar-refractivity contribution in [2.45, 2.75) is 102 Å². The van der Waals surface area contributed by atoms with Gasteiger partial charge in [-0.3, -0.25) is 14.4 Å². The lowest BCUT2D eigenvalue weighted by Crippen LogP contribution is -2.57. The second-order valence-corrected chi connectivity index (χ2v) is 9.61. The van der Waals surface area contributed by atoms with Gasteiger partial charge in [-0.25, -0.2) is 4.79 Å². The predicted molar refractivity (Wildman–Crippen MR) is 140 cm³/mol. The molecule has 0 aromatic carbocycles. The first-order chi connectivity index (χ1) is 17.1. The molecule has 0 aliphatic carbocycles. The molecule has 0 saturated heterocycles. The average Bonchev–Trinajstić information content (AvgIpc) is 2.81. The molecule has 12 heteroatoms. The summed E-state index contributed by atoms with van der Waals surface area (Å²) in [6.45, 7) is 5.19. The Balaban J connectivity index is 5.41.